The lowest BCUT2D eigenvalue weighted by Gasteiger charge is -2.14. The van der Waals surface area contributed by atoms with Crippen molar-refractivity contribution in [3.05, 3.63) is 48.7 Å². The molecule has 32 heavy (non-hydrogen) atoms. The Kier molecular flexibility index (Phi) is 6.06. The number of rotatable bonds is 7. The average molecular weight is 468 g/mol. The number of anilines is 1. The Labute approximate surface area is 192 Å². The van der Waals surface area contributed by atoms with Crippen LogP contribution in [-0.2, 0) is 16.1 Å². The summed E-state index contributed by atoms with van der Waals surface area (Å²) in [5.74, 6) is 0.951. The number of nitrogens with two attached hydrogens (primary N) is 1. The van der Waals surface area contributed by atoms with Crippen LogP contribution >= 0.6 is 23.1 Å². The molecule has 0 saturated carbocycles. The van der Waals surface area contributed by atoms with E-state index in [0.717, 1.165) is 34.5 Å². The number of thiophene rings is 1. The van der Waals surface area contributed by atoms with Crippen molar-refractivity contribution in [2.45, 2.75) is 30.6 Å². The van der Waals surface area contributed by atoms with Crippen LogP contribution in [0.15, 0.2) is 53.8 Å². The molecule has 0 unspecified atom stereocenters. The second-order valence-corrected chi connectivity index (χ2v) is 9.27. The van der Waals surface area contributed by atoms with Crippen LogP contribution in [-0.4, -0.2) is 44.2 Å². The van der Waals surface area contributed by atoms with Crippen molar-refractivity contribution in [1.29, 1.82) is 0 Å². The van der Waals surface area contributed by atoms with Crippen LogP contribution in [0.2, 0.25) is 0 Å². The first-order valence-electron chi connectivity index (χ1n) is 10.3. The smallest absolute Gasteiger partial charge is 0.321 e. The molecule has 5 rings (SSSR count). The summed E-state index contributed by atoms with van der Waals surface area (Å²) in [5, 5.41) is 10.3. The standard InChI is InChI=1S/C22H21N5O3S2/c23-18-16-9-4-10-24-21(16)32-19(18)20-25-26-22(27(20)12-15-8-5-11-29-15)31-13-17(28)30-14-6-2-1-3-7-14/h1-4,6-7,9-10,15H,5,8,11-13,23H2/t15-/m1/s1. The van der Waals surface area contributed by atoms with Gasteiger partial charge >= 0.3 is 5.97 Å². The molecule has 4 aromatic rings. The zero-order valence-corrected chi connectivity index (χ0v) is 18.8. The summed E-state index contributed by atoms with van der Waals surface area (Å²) in [6, 6.07) is 12.8. The maximum Gasteiger partial charge on any atom is 0.321 e. The molecule has 1 aliphatic heterocycles. The van der Waals surface area contributed by atoms with Gasteiger partial charge in [-0.2, -0.15) is 0 Å². The van der Waals surface area contributed by atoms with E-state index in [4.69, 9.17) is 15.2 Å². The highest BCUT2D eigenvalue weighted by Crippen LogP contribution is 2.40. The second-order valence-electron chi connectivity index (χ2n) is 7.33. The van der Waals surface area contributed by atoms with Crippen LogP contribution in [0.5, 0.6) is 5.75 Å². The molecule has 1 aromatic carbocycles. The normalized spacial score (nSPS) is 15.9. The Balaban J connectivity index is 1.41. The molecule has 10 heteroatoms. The number of ether oxygens (including phenoxy) is 2. The van der Waals surface area contributed by atoms with Crippen LogP contribution in [0.3, 0.4) is 0 Å². The van der Waals surface area contributed by atoms with Gasteiger partial charge in [-0.3, -0.25) is 9.36 Å². The van der Waals surface area contributed by atoms with E-state index in [1.807, 2.05) is 34.9 Å². The van der Waals surface area contributed by atoms with Crippen molar-refractivity contribution in [2.24, 2.45) is 0 Å². The lowest BCUT2D eigenvalue weighted by molar-refractivity contribution is -0.131. The fourth-order valence-corrected chi connectivity index (χ4v) is 5.39. The first-order chi connectivity index (χ1) is 15.7. The third kappa shape index (κ3) is 4.34. The summed E-state index contributed by atoms with van der Waals surface area (Å²) in [7, 11) is 0. The number of pyridine rings is 1. The maximum absolute atomic E-state index is 12.3. The van der Waals surface area contributed by atoms with Gasteiger partial charge in [-0.25, -0.2) is 4.98 Å². The average Bonchev–Trinajstić information content (AvgIpc) is 3.54. The minimum absolute atomic E-state index is 0.0779. The highest BCUT2D eigenvalue weighted by Gasteiger charge is 2.25. The summed E-state index contributed by atoms with van der Waals surface area (Å²) in [4.78, 5) is 18.4. The number of hydrogen-bond donors (Lipinski definition) is 1. The molecule has 8 nitrogen and oxygen atoms in total. The minimum atomic E-state index is -0.347. The molecule has 0 bridgehead atoms. The summed E-state index contributed by atoms with van der Waals surface area (Å²) in [6.07, 6.45) is 3.83. The zero-order chi connectivity index (χ0) is 21.9. The zero-order valence-electron chi connectivity index (χ0n) is 17.1. The van der Waals surface area contributed by atoms with Gasteiger partial charge in [0, 0.05) is 18.2 Å². The lowest BCUT2D eigenvalue weighted by Crippen LogP contribution is -2.17. The Morgan fingerprint density at radius 1 is 1.25 bits per heavy atom. The predicted octanol–water partition coefficient (Wildman–Crippen LogP) is 4.01. The van der Waals surface area contributed by atoms with Gasteiger partial charge in [0.2, 0.25) is 0 Å². The van der Waals surface area contributed by atoms with Crippen molar-refractivity contribution in [1.82, 2.24) is 19.7 Å². The van der Waals surface area contributed by atoms with Crippen molar-refractivity contribution < 1.29 is 14.3 Å². The van der Waals surface area contributed by atoms with E-state index in [9.17, 15) is 4.79 Å². The number of nitrogens with zero attached hydrogens (tertiary/aromatic N) is 4. The van der Waals surface area contributed by atoms with E-state index in [0.29, 0.717) is 29.0 Å². The van der Waals surface area contributed by atoms with Gasteiger partial charge in [0.25, 0.3) is 0 Å². The van der Waals surface area contributed by atoms with E-state index in [2.05, 4.69) is 15.2 Å². The largest absolute Gasteiger partial charge is 0.426 e. The van der Waals surface area contributed by atoms with Gasteiger partial charge in [0.05, 0.1) is 29.0 Å². The Bertz CT molecular complexity index is 1240. The van der Waals surface area contributed by atoms with Crippen molar-refractivity contribution in [3.8, 4) is 16.5 Å². The third-order valence-corrected chi connectivity index (χ3v) is 7.19. The third-order valence-electron chi connectivity index (χ3n) is 5.13. The molecular formula is C22H21N5O3S2. The monoisotopic (exact) mass is 467 g/mol. The number of aromatic nitrogens is 4. The molecule has 1 saturated heterocycles. The van der Waals surface area contributed by atoms with Crippen LogP contribution in [0.1, 0.15) is 12.8 Å². The molecule has 1 aliphatic rings. The van der Waals surface area contributed by atoms with Crippen molar-refractivity contribution >= 4 is 45.0 Å². The van der Waals surface area contributed by atoms with E-state index >= 15 is 0 Å². The maximum atomic E-state index is 12.3. The first kappa shape index (κ1) is 20.9. The number of para-hydroxylation sites is 1. The van der Waals surface area contributed by atoms with Crippen LogP contribution in [0.4, 0.5) is 5.69 Å². The van der Waals surface area contributed by atoms with E-state index in [1.165, 1.54) is 23.1 Å². The van der Waals surface area contributed by atoms with Gasteiger partial charge in [-0.15, -0.1) is 21.5 Å². The summed E-state index contributed by atoms with van der Waals surface area (Å²) in [5.41, 5.74) is 7.08. The van der Waals surface area contributed by atoms with Crippen molar-refractivity contribution in [2.75, 3.05) is 18.1 Å². The molecule has 0 spiro atoms. The van der Waals surface area contributed by atoms with Crippen molar-refractivity contribution in [3.63, 3.8) is 0 Å². The quantitative estimate of drug-likeness (QED) is 0.247. The summed E-state index contributed by atoms with van der Waals surface area (Å²) >= 11 is 2.78. The molecule has 4 heterocycles. The van der Waals surface area contributed by atoms with Gasteiger partial charge in [-0.1, -0.05) is 30.0 Å². The minimum Gasteiger partial charge on any atom is -0.426 e. The summed E-state index contributed by atoms with van der Waals surface area (Å²) in [6.45, 7) is 1.35. The number of carbonyl (C=O) groups excluding carboxylic acids is 1. The Morgan fingerprint density at radius 3 is 2.91 bits per heavy atom. The number of benzene rings is 1. The highest BCUT2D eigenvalue weighted by atomic mass is 32.2. The number of carbonyl (C=O) groups is 1. The molecule has 0 aliphatic carbocycles. The van der Waals surface area contributed by atoms with E-state index in [1.54, 1.807) is 18.3 Å². The molecule has 1 fully saturated rings. The topological polar surface area (TPSA) is 105 Å². The molecule has 0 radical (unpaired) electrons. The fraction of sp³-hybridized carbons (Fsp3) is 0.273. The molecule has 3 aromatic heterocycles. The number of thioether (sulfide) groups is 1. The van der Waals surface area contributed by atoms with Gasteiger partial charge in [0.15, 0.2) is 11.0 Å². The van der Waals surface area contributed by atoms with Crippen LogP contribution in [0, 0.1) is 0 Å². The molecular weight excluding hydrogens is 446 g/mol. The molecule has 1 atom stereocenters. The van der Waals surface area contributed by atoms with E-state index < -0.39 is 0 Å². The number of nitrogen functional groups attached to an aromatic ring is 1. The lowest BCUT2D eigenvalue weighted by atomic mass is 10.2. The van der Waals surface area contributed by atoms with E-state index in [-0.39, 0.29) is 17.8 Å². The van der Waals surface area contributed by atoms with Gasteiger partial charge in [0.1, 0.15) is 10.6 Å². The predicted molar refractivity (Wildman–Crippen MR) is 125 cm³/mol. The number of esters is 1. The first-order valence-corrected chi connectivity index (χ1v) is 12.1. The molecule has 164 valence electrons. The fourth-order valence-electron chi connectivity index (χ4n) is 3.61. The highest BCUT2D eigenvalue weighted by molar-refractivity contribution is 7.99. The SMILES string of the molecule is Nc1c(-c2nnc(SCC(=O)Oc3ccccc3)n2C[C@H]2CCCO2)sc2ncccc12. The Hall–Kier alpha value is -2.95. The summed E-state index contributed by atoms with van der Waals surface area (Å²) < 4.78 is 13.2. The van der Waals surface area contributed by atoms with Crippen LogP contribution < -0.4 is 10.5 Å². The number of hydrogen-bond acceptors (Lipinski definition) is 9. The number of fused-ring (bicyclic) bond motifs is 1. The molecule has 2 N–H and O–H groups in total. The second kappa shape index (κ2) is 9.27. The van der Waals surface area contributed by atoms with Gasteiger partial charge in [-0.05, 0) is 37.1 Å². The van der Waals surface area contributed by atoms with Crippen LogP contribution in [0.25, 0.3) is 20.9 Å². The molecule has 0 amide bonds. The van der Waals surface area contributed by atoms with Gasteiger partial charge < -0.3 is 15.2 Å². The Morgan fingerprint density at radius 2 is 2.12 bits per heavy atom.